The number of thioether (sulfide) groups is 1. The third kappa shape index (κ3) is 5.09. The van der Waals surface area contributed by atoms with Crippen molar-refractivity contribution in [1.29, 1.82) is 0 Å². The van der Waals surface area contributed by atoms with Crippen molar-refractivity contribution in [2.45, 2.75) is 31.2 Å². The Labute approximate surface area is 221 Å². The third-order valence-corrected chi connectivity index (χ3v) is 9.78. The van der Waals surface area contributed by atoms with Gasteiger partial charge in [-0.25, -0.2) is 13.4 Å². The maximum atomic E-state index is 13.4. The number of hydrogen-bond acceptors (Lipinski definition) is 5. The second-order valence-electron chi connectivity index (χ2n) is 8.87. The number of sulfonamides is 1. The number of rotatable bonds is 4. The van der Waals surface area contributed by atoms with Gasteiger partial charge in [0, 0.05) is 36.0 Å². The number of fused-ring (bicyclic) bond motifs is 1. The Hall–Kier alpha value is -2.65. The second kappa shape index (κ2) is 10.4. The van der Waals surface area contributed by atoms with Gasteiger partial charge in [0.2, 0.25) is 10.0 Å². The lowest BCUT2D eigenvalue weighted by molar-refractivity contribution is 0.0849. The smallest absolute Gasteiger partial charge is 0.259 e. The fraction of sp³-hybridized carbons (Fsp3) is 0.259. The first-order valence-corrected chi connectivity index (χ1v) is 14.6. The van der Waals surface area contributed by atoms with Gasteiger partial charge in [-0.3, -0.25) is 9.69 Å². The van der Waals surface area contributed by atoms with Gasteiger partial charge in [0.25, 0.3) is 5.91 Å². The van der Waals surface area contributed by atoms with E-state index in [2.05, 4.69) is 4.99 Å². The number of amidine groups is 1. The predicted octanol–water partition coefficient (Wildman–Crippen LogP) is 5.66. The van der Waals surface area contributed by atoms with Crippen molar-refractivity contribution >= 4 is 50.1 Å². The molecule has 9 heteroatoms. The zero-order chi connectivity index (χ0) is 25.3. The first-order valence-electron chi connectivity index (χ1n) is 11.8. The van der Waals surface area contributed by atoms with Crippen molar-refractivity contribution in [3.8, 4) is 0 Å². The molecule has 6 nitrogen and oxygen atoms in total. The van der Waals surface area contributed by atoms with E-state index in [4.69, 9.17) is 11.6 Å². The molecule has 0 N–H and O–H groups in total. The predicted molar refractivity (Wildman–Crippen MR) is 146 cm³/mol. The maximum Gasteiger partial charge on any atom is 0.259 e. The minimum absolute atomic E-state index is 0.189. The van der Waals surface area contributed by atoms with Gasteiger partial charge in [0.15, 0.2) is 5.17 Å². The number of aryl methyl sites for hydroxylation is 1. The number of halogens is 1. The summed E-state index contributed by atoms with van der Waals surface area (Å²) in [6.07, 6.45) is 1.54. The van der Waals surface area contributed by atoms with Crippen LogP contribution in [0.2, 0.25) is 5.02 Å². The Kier molecular flexibility index (Phi) is 7.21. The number of benzene rings is 3. The first-order chi connectivity index (χ1) is 17.3. The number of carbonyl (C=O) groups excluding carboxylic acids is 1. The molecule has 2 aliphatic rings. The summed E-state index contributed by atoms with van der Waals surface area (Å²) < 4.78 is 28.1. The summed E-state index contributed by atoms with van der Waals surface area (Å²) in [6, 6.07) is 19.7. The highest BCUT2D eigenvalue weighted by atomic mass is 35.5. The number of nitrogens with zero attached hydrogens (tertiary/aromatic N) is 3. The molecule has 36 heavy (non-hydrogen) atoms. The number of hydrogen-bond donors (Lipinski definition) is 0. The number of carbonyl (C=O) groups is 1. The molecule has 186 valence electrons. The van der Waals surface area contributed by atoms with E-state index in [-0.39, 0.29) is 10.8 Å². The van der Waals surface area contributed by atoms with Gasteiger partial charge >= 0.3 is 0 Å². The zero-order valence-electron chi connectivity index (χ0n) is 19.9. The monoisotopic (exact) mass is 539 g/mol. The summed E-state index contributed by atoms with van der Waals surface area (Å²) in [5, 5.41) is 1.25. The highest BCUT2D eigenvalue weighted by Gasteiger charge is 2.29. The van der Waals surface area contributed by atoms with Crippen LogP contribution in [-0.2, 0) is 23.0 Å². The quantitative estimate of drug-likeness (QED) is 0.429. The summed E-state index contributed by atoms with van der Waals surface area (Å²) in [6.45, 7) is 3.27. The van der Waals surface area contributed by atoms with E-state index in [1.165, 1.54) is 33.8 Å². The molecule has 3 aromatic carbocycles. The van der Waals surface area contributed by atoms with Gasteiger partial charge in [-0.1, -0.05) is 53.7 Å². The first kappa shape index (κ1) is 25.0. The highest BCUT2D eigenvalue weighted by Crippen LogP contribution is 2.28. The van der Waals surface area contributed by atoms with E-state index in [0.717, 1.165) is 23.3 Å². The average molecular weight is 540 g/mol. The molecular weight excluding hydrogens is 514 g/mol. The van der Waals surface area contributed by atoms with Crippen LogP contribution in [-0.4, -0.2) is 47.5 Å². The molecule has 0 spiro atoms. The molecule has 3 aromatic rings. The van der Waals surface area contributed by atoms with E-state index in [1.807, 2.05) is 43.3 Å². The molecule has 0 bridgehead atoms. The topological polar surface area (TPSA) is 70.0 Å². The highest BCUT2D eigenvalue weighted by molar-refractivity contribution is 8.13. The second-order valence-corrected chi connectivity index (χ2v) is 12.3. The molecule has 5 rings (SSSR count). The van der Waals surface area contributed by atoms with Gasteiger partial charge in [-0.15, -0.1) is 0 Å². The standard InChI is InChI=1S/C27H26ClN3O3S2/c1-19-7-10-23(17-25(19)28)29-27-31(14-4-16-35-27)26(32)21-8-11-24(12-9-21)36(33,34)30-15-13-20-5-2-3-6-22(20)18-30/h2-3,5-12,17H,4,13-16,18H2,1H3. The molecule has 0 atom stereocenters. The van der Waals surface area contributed by atoms with E-state index in [0.29, 0.717) is 47.5 Å². The van der Waals surface area contributed by atoms with Gasteiger partial charge in [0.1, 0.15) is 0 Å². The molecule has 1 saturated heterocycles. The lowest BCUT2D eigenvalue weighted by atomic mass is 10.0. The average Bonchev–Trinajstić information content (AvgIpc) is 2.90. The summed E-state index contributed by atoms with van der Waals surface area (Å²) in [4.78, 5) is 19.9. The summed E-state index contributed by atoms with van der Waals surface area (Å²) in [7, 11) is -3.66. The van der Waals surface area contributed by atoms with Crippen LogP contribution in [0.4, 0.5) is 5.69 Å². The van der Waals surface area contributed by atoms with Gasteiger partial charge in [-0.2, -0.15) is 4.31 Å². The summed E-state index contributed by atoms with van der Waals surface area (Å²) in [5.41, 5.74) is 4.30. The number of aliphatic imine (C=N–C) groups is 1. The normalized spacial score (nSPS) is 17.7. The summed E-state index contributed by atoms with van der Waals surface area (Å²) in [5.74, 6) is 0.674. The van der Waals surface area contributed by atoms with Crippen LogP contribution >= 0.6 is 23.4 Å². The minimum Gasteiger partial charge on any atom is -0.287 e. The van der Waals surface area contributed by atoms with Crippen molar-refractivity contribution in [2.24, 2.45) is 4.99 Å². The molecule has 2 aliphatic heterocycles. The molecule has 0 saturated carbocycles. The SMILES string of the molecule is Cc1ccc(N=C2SCCCN2C(=O)c2ccc(S(=O)(=O)N3CCc4ccccc4C3)cc2)cc1Cl. The minimum atomic E-state index is -3.66. The fourth-order valence-corrected chi connectivity index (χ4v) is 6.90. The Bertz CT molecular complexity index is 1440. The molecule has 1 amide bonds. The van der Waals surface area contributed by atoms with Gasteiger partial charge in [-0.05, 0) is 72.9 Å². The van der Waals surface area contributed by atoms with Crippen molar-refractivity contribution in [1.82, 2.24) is 9.21 Å². The van der Waals surface area contributed by atoms with E-state index >= 15 is 0 Å². The third-order valence-electron chi connectivity index (χ3n) is 6.45. The molecule has 2 heterocycles. The number of amides is 1. The Morgan fingerprint density at radius 1 is 1.00 bits per heavy atom. The van der Waals surface area contributed by atoms with E-state index < -0.39 is 10.0 Å². The van der Waals surface area contributed by atoms with Crippen molar-refractivity contribution in [2.75, 3.05) is 18.8 Å². The van der Waals surface area contributed by atoms with Crippen LogP contribution in [0.25, 0.3) is 0 Å². The van der Waals surface area contributed by atoms with Crippen LogP contribution in [0.5, 0.6) is 0 Å². The van der Waals surface area contributed by atoms with Crippen molar-refractivity contribution < 1.29 is 13.2 Å². The Morgan fingerprint density at radius 2 is 1.75 bits per heavy atom. The van der Waals surface area contributed by atoms with Crippen LogP contribution < -0.4 is 0 Å². The van der Waals surface area contributed by atoms with E-state index in [9.17, 15) is 13.2 Å². The maximum absolute atomic E-state index is 13.4. The lowest BCUT2D eigenvalue weighted by Gasteiger charge is -2.29. The van der Waals surface area contributed by atoms with Gasteiger partial charge < -0.3 is 0 Å². The van der Waals surface area contributed by atoms with Crippen LogP contribution in [0.1, 0.15) is 33.5 Å². The molecule has 0 aromatic heterocycles. The lowest BCUT2D eigenvalue weighted by Crippen LogP contribution is -2.39. The zero-order valence-corrected chi connectivity index (χ0v) is 22.2. The molecule has 0 unspecified atom stereocenters. The van der Waals surface area contributed by atoms with Crippen LogP contribution in [0.15, 0.2) is 76.6 Å². The van der Waals surface area contributed by atoms with E-state index in [1.54, 1.807) is 23.1 Å². The molecule has 1 fully saturated rings. The molecule has 0 aliphatic carbocycles. The fourth-order valence-electron chi connectivity index (χ4n) is 4.35. The van der Waals surface area contributed by atoms with Crippen molar-refractivity contribution in [3.63, 3.8) is 0 Å². The molecule has 0 radical (unpaired) electrons. The Balaban J connectivity index is 1.35. The van der Waals surface area contributed by atoms with Crippen LogP contribution in [0.3, 0.4) is 0 Å². The van der Waals surface area contributed by atoms with Crippen LogP contribution in [0, 0.1) is 6.92 Å². The summed E-state index contributed by atoms with van der Waals surface area (Å²) >= 11 is 7.78. The van der Waals surface area contributed by atoms with Crippen molar-refractivity contribution in [3.05, 3.63) is 94.0 Å². The van der Waals surface area contributed by atoms with Gasteiger partial charge in [0.05, 0.1) is 10.6 Å². The largest absolute Gasteiger partial charge is 0.287 e. The Morgan fingerprint density at radius 3 is 2.50 bits per heavy atom. The molecular formula is C27H26ClN3O3S2.